The van der Waals surface area contributed by atoms with Gasteiger partial charge in [-0.1, -0.05) is 47.8 Å². The number of halogens is 3. The highest BCUT2D eigenvalue weighted by atomic mass is 35.5. The Morgan fingerprint density at radius 3 is 2.18 bits per heavy atom. The number of nitrogens with one attached hydrogen (secondary N) is 2. The predicted octanol–water partition coefficient (Wildman–Crippen LogP) is 6.25. The van der Waals surface area contributed by atoms with Crippen molar-refractivity contribution in [1.29, 1.82) is 0 Å². The van der Waals surface area contributed by atoms with E-state index in [4.69, 9.17) is 39.5 Å². The summed E-state index contributed by atoms with van der Waals surface area (Å²) in [4.78, 5) is 51.6. The average molecular weight is 573 g/mol. The molecule has 194 valence electrons. The fourth-order valence-corrected chi connectivity index (χ4v) is 4.31. The van der Waals surface area contributed by atoms with Gasteiger partial charge in [0.2, 0.25) is 0 Å². The monoisotopic (exact) mass is 571 g/mol. The molecule has 0 spiro atoms. The van der Waals surface area contributed by atoms with Crippen molar-refractivity contribution < 1.29 is 23.9 Å². The van der Waals surface area contributed by atoms with E-state index in [1.807, 2.05) is 6.92 Å². The molecule has 8 nitrogen and oxygen atoms in total. The summed E-state index contributed by atoms with van der Waals surface area (Å²) >= 11 is 18.2. The lowest BCUT2D eigenvalue weighted by Crippen LogP contribution is -2.32. The molecule has 0 radical (unpaired) electrons. The van der Waals surface area contributed by atoms with E-state index in [9.17, 15) is 19.2 Å². The average Bonchev–Trinajstić information content (AvgIpc) is 3.10. The molecule has 4 rings (SSSR count). The van der Waals surface area contributed by atoms with Crippen LogP contribution in [0, 0.1) is 0 Å². The highest BCUT2D eigenvalue weighted by Crippen LogP contribution is 2.31. The Morgan fingerprint density at radius 1 is 0.842 bits per heavy atom. The van der Waals surface area contributed by atoms with Crippen LogP contribution in [0.1, 0.15) is 34.1 Å². The molecule has 0 aromatic heterocycles. The molecule has 1 aliphatic heterocycles. The fourth-order valence-electron chi connectivity index (χ4n) is 3.57. The SMILES string of the molecule is CCCOC(=O)c1cccc(N2C(=O)C(Cl)=C(Nc3ccc(C(=O)Nc4cc(Cl)cc(Cl)c4)cc3)C2=O)c1. The maximum absolute atomic E-state index is 13.1. The Morgan fingerprint density at radius 2 is 1.53 bits per heavy atom. The lowest BCUT2D eigenvalue weighted by atomic mass is 10.1. The summed E-state index contributed by atoms with van der Waals surface area (Å²) in [7, 11) is 0. The van der Waals surface area contributed by atoms with Gasteiger partial charge in [-0.25, -0.2) is 9.69 Å². The van der Waals surface area contributed by atoms with Crippen LogP contribution in [-0.4, -0.2) is 30.3 Å². The first-order valence-corrected chi connectivity index (χ1v) is 12.5. The van der Waals surface area contributed by atoms with Gasteiger partial charge in [0, 0.05) is 27.0 Å². The van der Waals surface area contributed by atoms with Crippen LogP contribution in [0.15, 0.2) is 77.5 Å². The number of rotatable bonds is 8. The number of benzene rings is 3. The molecule has 0 aliphatic carbocycles. The summed E-state index contributed by atoms with van der Waals surface area (Å²) in [5.41, 5.74) is 1.41. The van der Waals surface area contributed by atoms with Crippen LogP contribution in [0.4, 0.5) is 17.1 Å². The zero-order chi connectivity index (χ0) is 27.4. The molecular formula is C27H20Cl3N3O5. The highest BCUT2D eigenvalue weighted by molar-refractivity contribution is 6.53. The fraction of sp³-hybridized carbons (Fsp3) is 0.111. The topological polar surface area (TPSA) is 105 Å². The highest BCUT2D eigenvalue weighted by Gasteiger charge is 2.39. The number of anilines is 3. The van der Waals surface area contributed by atoms with E-state index in [-0.39, 0.29) is 28.6 Å². The number of hydrogen-bond acceptors (Lipinski definition) is 6. The standard InChI is InChI=1S/C27H20Cl3N3O5/c1-2-10-38-27(37)16-4-3-5-21(11-16)33-25(35)22(30)23(26(33)36)31-19-8-6-15(7-9-19)24(34)32-20-13-17(28)12-18(29)14-20/h3-9,11-14,31H,2,10H2,1H3,(H,32,34). The first-order chi connectivity index (χ1) is 18.2. The quantitative estimate of drug-likeness (QED) is 0.244. The summed E-state index contributed by atoms with van der Waals surface area (Å²) in [5.74, 6) is -2.40. The first kappa shape index (κ1) is 27.2. The van der Waals surface area contributed by atoms with E-state index < -0.39 is 23.7 Å². The van der Waals surface area contributed by atoms with Crippen molar-refractivity contribution in [2.45, 2.75) is 13.3 Å². The van der Waals surface area contributed by atoms with Crippen molar-refractivity contribution in [3.8, 4) is 0 Å². The van der Waals surface area contributed by atoms with Gasteiger partial charge in [-0.15, -0.1) is 0 Å². The van der Waals surface area contributed by atoms with Crippen LogP contribution in [0.5, 0.6) is 0 Å². The van der Waals surface area contributed by atoms with Gasteiger partial charge in [-0.2, -0.15) is 0 Å². The van der Waals surface area contributed by atoms with Crippen molar-refractivity contribution in [2.75, 3.05) is 22.1 Å². The van der Waals surface area contributed by atoms with E-state index in [2.05, 4.69) is 10.6 Å². The third-order valence-corrected chi connectivity index (χ3v) is 6.13. The minimum atomic E-state index is -0.741. The zero-order valence-electron chi connectivity index (χ0n) is 19.9. The first-order valence-electron chi connectivity index (χ1n) is 11.4. The van der Waals surface area contributed by atoms with Gasteiger partial charge in [-0.05, 0) is 67.1 Å². The van der Waals surface area contributed by atoms with E-state index in [1.165, 1.54) is 30.3 Å². The van der Waals surface area contributed by atoms with Crippen molar-refractivity contribution in [3.63, 3.8) is 0 Å². The van der Waals surface area contributed by atoms with Gasteiger partial charge in [0.1, 0.15) is 10.7 Å². The second kappa shape index (κ2) is 11.7. The molecule has 0 atom stereocenters. The predicted molar refractivity (Wildman–Crippen MR) is 147 cm³/mol. The van der Waals surface area contributed by atoms with Crippen LogP contribution < -0.4 is 15.5 Å². The van der Waals surface area contributed by atoms with Crippen molar-refractivity contribution in [3.05, 3.63) is 98.6 Å². The summed E-state index contributed by atoms with van der Waals surface area (Å²) in [6, 6.07) is 16.8. The largest absolute Gasteiger partial charge is 0.462 e. The molecular weight excluding hydrogens is 553 g/mol. The molecule has 0 saturated carbocycles. The van der Waals surface area contributed by atoms with Gasteiger partial charge in [-0.3, -0.25) is 14.4 Å². The Bertz CT molecular complexity index is 1450. The molecule has 38 heavy (non-hydrogen) atoms. The third kappa shape index (κ3) is 5.99. The molecule has 1 heterocycles. The van der Waals surface area contributed by atoms with Crippen molar-refractivity contribution >= 4 is 75.6 Å². The summed E-state index contributed by atoms with van der Waals surface area (Å²) < 4.78 is 5.12. The summed E-state index contributed by atoms with van der Waals surface area (Å²) in [5, 5.41) is 6.00. The molecule has 3 aromatic rings. The number of nitrogens with zero attached hydrogens (tertiary/aromatic N) is 1. The minimum Gasteiger partial charge on any atom is -0.462 e. The number of hydrogen-bond donors (Lipinski definition) is 2. The van der Waals surface area contributed by atoms with Gasteiger partial charge in [0.25, 0.3) is 17.7 Å². The van der Waals surface area contributed by atoms with Gasteiger partial charge in [0.15, 0.2) is 0 Å². The summed E-state index contributed by atoms with van der Waals surface area (Å²) in [6.45, 7) is 2.12. The normalized spacial score (nSPS) is 13.1. The number of imide groups is 1. The van der Waals surface area contributed by atoms with Crippen molar-refractivity contribution in [1.82, 2.24) is 0 Å². The number of carbonyl (C=O) groups is 4. The van der Waals surface area contributed by atoms with E-state index in [0.717, 1.165) is 4.90 Å². The number of amides is 3. The lowest BCUT2D eigenvalue weighted by Gasteiger charge is -2.16. The van der Waals surface area contributed by atoms with Gasteiger partial charge < -0.3 is 15.4 Å². The summed E-state index contributed by atoms with van der Waals surface area (Å²) in [6.07, 6.45) is 0.658. The number of ether oxygens (including phenoxy) is 1. The number of esters is 1. The molecule has 0 bridgehead atoms. The van der Waals surface area contributed by atoms with Gasteiger partial charge >= 0.3 is 5.97 Å². The number of carbonyl (C=O) groups excluding carboxylic acids is 4. The zero-order valence-corrected chi connectivity index (χ0v) is 22.2. The molecule has 2 N–H and O–H groups in total. The van der Waals surface area contributed by atoms with E-state index >= 15 is 0 Å². The van der Waals surface area contributed by atoms with Crippen LogP contribution in [0.2, 0.25) is 10.0 Å². The second-order valence-electron chi connectivity index (χ2n) is 8.14. The molecule has 3 amide bonds. The maximum atomic E-state index is 13.1. The van der Waals surface area contributed by atoms with Crippen LogP contribution in [0.3, 0.4) is 0 Å². The Labute approximate surface area is 233 Å². The van der Waals surface area contributed by atoms with Crippen LogP contribution in [-0.2, 0) is 14.3 Å². The van der Waals surface area contributed by atoms with Crippen molar-refractivity contribution in [2.24, 2.45) is 0 Å². The lowest BCUT2D eigenvalue weighted by molar-refractivity contribution is -0.120. The smallest absolute Gasteiger partial charge is 0.338 e. The maximum Gasteiger partial charge on any atom is 0.338 e. The van der Waals surface area contributed by atoms with Crippen LogP contribution in [0.25, 0.3) is 0 Å². The molecule has 0 fully saturated rings. The molecule has 3 aromatic carbocycles. The Balaban J connectivity index is 1.47. The van der Waals surface area contributed by atoms with E-state index in [1.54, 1.807) is 36.4 Å². The second-order valence-corrected chi connectivity index (χ2v) is 9.39. The Hall–Kier alpha value is -3.85. The molecule has 11 heteroatoms. The Kier molecular flexibility index (Phi) is 8.36. The van der Waals surface area contributed by atoms with E-state index in [0.29, 0.717) is 33.4 Å². The van der Waals surface area contributed by atoms with Gasteiger partial charge in [0.05, 0.1) is 17.9 Å². The molecule has 0 unspecified atom stereocenters. The van der Waals surface area contributed by atoms with Crippen LogP contribution >= 0.6 is 34.8 Å². The minimum absolute atomic E-state index is 0.138. The molecule has 0 saturated heterocycles. The molecule has 1 aliphatic rings. The third-order valence-electron chi connectivity index (χ3n) is 5.34.